The summed E-state index contributed by atoms with van der Waals surface area (Å²) in [5, 5.41) is 4.37. The van der Waals surface area contributed by atoms with Gasteiger partial charge in [0.25, 0.3) is 0 Å². The van der Waals surface area contributed by atoms with Gasteiger partial charge in [0.15, 0.2) is 5.65 Å². The quantitative estimate of drug-likeness (QED) is 0.808. The molecule has 0 aliphatic rings. The summed E-state index contributed by atoms with van der Waals surface area (Å²) in [5.41, 5.74) is 12.7. The Morgan fingerprint density at radius 3 is 2.56 bits per heavy atom. The van der Waals surface area contributed by atoms with E-state index in [-0.39, 0.29) is 5.95 Å². The molecule has 0 spiro atoms. The summed E-state index contributed by atoms with van der Waals surface area (Å²) in [5.74, 6) is -0.191. The van der Waals surface area contributed by atoms with Gasteiger partial charge >= 0.3 is 0 Å². The molecule has 0 aliphatic carbocycles. The van der Waals surface area contributed by atoms with E-state index in [1.807, 2.05) is 6.92 Å². The lowest BCUT2D eigenvalue weighted by Crippen LogP contribution is -2.42. The molecule has 0 atom stereocenters. The third kappa shape index (κ3) is 1.47. The standard InChI is InChI=1S/C11H18N6O/c1-5-6-7-8(16(4)15-6)17(10(13)14-7)11(2,3)9(12)18/h5H2,1-4H3,(H2,12,18)(H2,13,14). The maximum atomic E-state index is 11.6. The predicted molar refractivity (Wildman–Crippen MR) is 68.8 cm³/mol. The van der Waals surface area contributed by atoms with Crippen LogP contribution in [-0.4, -0.2) is 25.2 Å². The van der Waals surface area contributed by atoms with Crippen molar-refractivity contribution in [3.05, 3.63) is 5.69 Å². The van der Waals surface area contributed by atoms with Crippen molar-refractivity contribution in [2.75, 3.05) is 5.73 Å². The highest BCUT2D eigenvalue weighted by molar-refractivity contribution is 5.86. The van der Waals surface area contributed by atoms with Gasteiger partial charge in [-0.2, -0.15) is 5.10 Å². The minimum Gasteiger partial charge on any atom is -0.369 e. The molecule has 98 valence electrons. The fraction of sp³-hybridized carbons (Fsp3) is 0.545. The molecule has 1 amide bonds. The number of nitrogens with zero attached hydrogens (tertiary/aromatic N) is 4. The topological polar surface area (TPSA) is 105 Å². The summed E-state index contributed by atoms with van der Waals surface area (Å²) in [6.45, 7) is 5.42. The smallest absolute Gasteiger partial charge is 0.243 e. The highest BCUT2D eigenvalue weighted by Gasteiger charge is 2.33. The predicted octanol–water partition coefficient (Wildman–Crippen LogP) is 0.135. The van der Waals surface area contributed by atoms with Crippen molar-refractivity contribution in [3.8, 4) is 0 Å². The molecule has 18 heavy (non-hydrogen) atoms. The number of imidazole rings is 1. The Kier molecular flexibility index (Phi) is 2.57. The summed E-state index contributed by atoms with van der Waals surface area (Å²) in [7, 11) is 1.80. The van der Waals surface area contributed by atoms with Crippen LogP contribution < -0.4 is 11.5 Å². The summed E-state index contributed by atoms with van der Waals surface area (Å²) < 4.78 is 3.32. The van der Waals surface area contributed by atoms with Gasteiger partial charge in [-0.05, 0) is 20.3 Å². The second-order valence-corrected chi connectivity index (χ2v) is 4.82. The number of aromatic nitrogens is 4. The molecule has 0 bridgehead atoms. The fourth-order valence-corrected chi connectivity index (χ4v) is 2.10. The highest BCUT2D eigenvalue weighted by Crippen LogP contribution is 2.28. The number of nitrogens with two attached hydrogens (primary N) is 2. The minimum absolute atomic E-state index is 0.275. The van der Waals surface area contributed by atoms with Crippen molar-refractivity contribution in [2.24, 2.45) is 12.8 Å². The van der Waals surface area contributed by atoms with Gasteiger partial charge in [-0.25, -0.2) is 4.98 Å². The Morgan fingerprint density at radius 1 is 1.44 bits per heavy atom. The molecular formula is C11H18N6O. The molecule has 0 saturated heterocycles. The molecule has 0 saturated carbocycles. The summed E-state index contributed by atoms with van der Waals surface area (Å²) in [6.07, 6.45) is 0.755. The molecule has 4 N–H and O–H groups in total. The molecule has 0 fully saturated rings. The van der Waals surface area contributed by atoms with Gasteiger partial charge in [0.2, 0.25) is 11.9 Å². The molecular weight excluding hydrogens is 232 g/mol. The zero-order valence-electron chi connectivity index (χ0n) is 11.1. The van der Waals surface area contributed by atoms with Crippen molar-refractivity contribution < 1.29 is 4.79 Å². The van der Waals surface area contributed by atoms with Crippen LogP contribution in [0.25, 0.3) is 11.2 Å². The Hall–Kier alpha value is -2.05. The molecule has 2 aromatic rings. The van der Waals surface area contributed by atoms with E-state index in [9.17, 15) is 4.79 Å². The van der Waals surface area contributed by atoms with E-state index in [0.29, 0.717) is 5.65 Å². The number of primary amides is 1. The number of carbonyl (C=O) groups excluding carboxylic acids is 1. The van der Waals surface area contributed by atoms with Gasteiger partial charge in [0.05, 0.1) is 5.69 Å². The number of rotatable bonds is 3. The second-order valence-electron chi connectivity index (χ2n) is 4.82. The highest BCUT2D eigenvalue weighted by atomic mass is 16.1. The molecule has 0 radical (unpaired) electrons. The average Bonchev–Trinajstić information content (AvgIpc) is 2.76. The van der Waals surface area contributed by atoms with E-state index in [2.05, 4.69) is 10.1 Å². The molecule has 0 aliphatic heterocycles. The first kappa shape index (κ1) is 12.4. The Bertz CT molecular complexity index is 621. The fourth-order valence-electron chi connectivity index (χ4n) is 2.10. The third-order valence-electron chi connectivity index (χ3n) is 3.23. The number of hydrogen-bond donors (Lipinski definition) is 2. The SMILES string of the molecule is CCc1nn(C)c2c1nc(N)n2C(C)(C)C(N)=O. The number of carbonyl (C=O) groups is 1. The van der Waals surface area contributed by atoms with E-state index in [1.165, 1.54) is 0 Å². The number of nitrogen functional groups attached to an aromatic ring is 1. The Labute approximate surface area is 105 Å². The van der Waals surface area contributed by atoms with E-state index < -0.39 is 11.4 Å². The summed E-state index contributed by atoms with van der Waals surface area (Å²) >= 11 is 0. The molecule has 0 aromatic carbocycles. The molecule has 7 nitrogen and oxygen atoms in total. The van der Waals surface area contributed by atoms with Crippen LogP contribution in [0.1, 0.15) is 26.5 Å². The van der Waals surface area contributed by atoms with Gasteiger partial charge in [-0.3, -0.25) is 14.0 Å². The normalized spacial score (nSPS) is 12.2. The zero-order chi connectivity index (χ0) is 13.7. The lowest BCUT2D eigenvalue weighted by Gasteiger charge is -2.24. The van der Waals surface area contributed by atoms with Crippen LogP contribution in [0, 0.1) is 0 Å². The van der Waals surface area contributed by atoms with Crippen molar-refractivity contribution in [1.82, 2.24) is 19.3 Å². The van der Waals surface area contributed by atoms with Gasteiger partial charge in [-0.1, -0.05) is 6.92 Å². The minimum atomic E-state index is -0.947. The van der Waals surface area contributed by atoms with Gasteiger partial charge in [-0.15, -0.1) is 0 Å². The number of aryl methyl sites for hydroxylation is 2. The van der Waals surface area contributed by atoms with Crippen LogP contribution in [0.2, 0.25) is 0 Å². The van der Waals surface area contributed by atoms with Crippen molar-refractivity contribution in [1.29, 1.82) is 0 Å². The van der Waals surface area contributed by atoms with Crippen molar-refractivity contribution in [3.63, 3.8) is 0 Å². The van der Waals surface area contributed by atoms with E-state index in [4.69, 9.17) is 11.5 Å². The van der Waals surface area contributed by atoms with Crippen molar-refractivity contribution >= 4 is 23.0 Å². The number of hydrogen-bond acceptors (Lipinski definition) is 4. The van der Waals surface area contributed by atoms with Crippen LogP contribution >= 0.6 is 0 Å². The third-order valence-corrected chi connectivity index (χ3v) is 3.23. The lowest BCUT2D eigenvalue weighted by molar-refractivity contribution is -0.124. The van der Waals surface area contributed by atoms with Gasteiger partial charge in [0.1, 0.15) is 11.1 Å². The largest absolute Gasteiger partial charge is 0.369 e. The van der Waals surface area contributed by atoms with Crippen LogP contribution in [0.5, 0.6) is 0 Å². The summed E-state index contributed by atoms with van der Waals surface area (Å²) in [4.78, 5) is 15.9. The lowest BCUT2D eigenvalue weighted by atomic mass is 10.1. The maximum absolute atomic E-state index is 11.6. The zero-order valence-corrected chi connectivity index (χ0v) is 11.1. The molecule has 2 rings (SSSR count). The molecule has 0 unspecified atom stereocenters. The van der Waals surface area contributed by atoms with Crippen LogP contribution in [0.15, 0.2) is 0 Å². The average molecular weight is 250 g/mol. The Morgan fingerprint density at radius 2 is 2.06 bits per heavy atom. The van der Waals surface area contributed by atoms with E-state index in [1.54, 1.807) is 30.1 Å². The van der Waals surface area contributed by atoms with Crippen LogP contribution in [-0.2, 0) is 23.8 Å². The first-order valence-corrected chi connectivity index (χ1v) is 5.80. The maximum Gasteiger partial charge on any atom is 0.243 e. The molecule has 7 heteroatoms. The van der Waals surface area contributed by atoms with Gasteiger partial charge < -0.3 is 11.5 Å². The van der Waals surface area contributed by atoms with Crippen LogP contribution in [0.4, 0.5) is 5.95 Å². The first-order chi connectivity index (χ1) is 8.30. The Balaban J connectivity index is 2.83. The molecule has 2 heterocycles. The number of fused-ring (bicyclic) bond motifs is 1. The monoisotopic (exact) mass is 250 g/mol. The van der Waals surface area contributed by atoms with Gasteiger partial charge in [0, 0.05) is 7.05 Å². The number of anilines is 1. The second kappa shape index (κ2) is 3.72. The molecule has 2 aromatic heterocycles. The number of amides is 1. The summed E-state index contributed by atoms with van der Waals surface area (Å²) in [6, 6.07) is 0. The van der Waals surface area contributed by atoms with Crippen LogP contribution in [0.3, 0.4) is 0 Å². The first-order valence-electron chi connectivity index (χ1n) is 5.80. The van der Waals surface area contributed by atoms with E-state index >= 15 is 0 Å². The van der Waals surface area contributed by atoms with Crippen molar-refractivity contribution in [2.45, 2.75) is 32.7 Å². The van der Waals surface area contributed by atoms with E-state index in [0.717, 1.165) is 17.6 Å².